The molecule has 1 saturated heterocycles. The quantitative estimate of drug-likeness (QED) is 0.241. The lowest BCUT2D eigenvalue weighted by molar-refractivity contribution is -0.137. The second-order valence-corrected chi connectivity index (χ2v) is 11.1. The molecule has 0 saturated carbocycles. The number of hydrogen-bond acceptors (Lipinski definition) is 6. The SMILES string of the molecule is COc1cc(/C=C2\SC(=O)N(CC(=O)Nc3cccc(C(F)(F)F)c3)C2=O)c(Br)cc1OCc1ccc(Cl)c(Cl)c1. The molecule has 7 nitrogen and oxygen atoms in total. The molecule has 0 aromatic heterocycles. The van der Waals surface area contributed by atoms with Crippen molar-refractivity contribution in [3.05, 3.63) is 90.7 Å². The Balaban J connectivity index is 1.46. The van der Waals surface area contributed by atoms with Gasteiger partial charge in [0.1, 0.15) is 13.2 Å². The summed E-state index contributed by atoms with van der Waals surface area (Å²) in [6, 6.07) is 12.3. The second kappa shape index (κ2) is 12.8. The molecule has 0 unspecified atom stereocenters. The number of imide groups is 1. The predicted molar refractivity (Wildman–Crippen MR) is 154 cm³/mol. The van der Waals surface area contributed by atoms with Gasteiger partial charge in [-0.2, -0.15) is 13.2 Å². The monoisotopic (exact) mass is 688 g/mol. The van der Waals surface area contributed by atoms with Gasteiger partial charge in [-0.1, -0.05) is 51.3 Å². The van der Waals surface area contributed by atoms with Crippen LogP contribution in [0.5, 0.6) is 11.5 Å². The molecule has 0 aliphatic carbocycles. The highest BCUT2D eigenvalue weighted by Crippen LogP contribution is 2.38. The van der Waals surface area contributed by atoms with E-state index in [9.17, 15) is 27.6 Å². The zero-order valence-corrected chi connectivity index (χ0v) is 24.8. The maximum absolute atomic E-state index is 12.9. The van der Waals surface area contributed by atoms with Gasteiger partial charge in [-0.05, 0) is 71.4 Å². The standard InChI is InChI=1S/C27H18BrCl2F3N2O5S/c1-39-21-8-15(18(28)11-22(21)40-13-14-5-6-19(29)20(30)7-14)9-23-25(37)35(26(38)41-23)12-24(36)34-17-4-2-3-16(10-17)27(31,32)33/h2-11H,12-13H2,1H3,(H,34,36)/b23-9-. The number of anilines is 1. The van der Waals surface area contributed by atoms with Crippen molar-refractivity contribution in [2.75, 3.05) is 19.0 Å². The van der Waals surface area contributed by atoms with E-state index >= 15 is 0 Å². The summed E-state index contributed by atoms with van der Waals surface area (Å²) in [4.78, 5) is 38.6. The third-order valence-corrected chi connectivity index (χ3v) is 7.93. The Kier molecular flexibility index (Phi) is 9.58. The fourth-order valence-corrected chi connectivity index (χ4v) is 5.21. The highest BCUT2D eigenvalue weighted by molar-refractivity contribution is 9.10. The van der Waals surface area contributed by atoms with Crippen LogP contribution in [-0.2, 0) is 22.4 Å². The summed E-state index contributed by atoms with van der Waals surface area (Å²) in [6.45, 7) is -0.509. The number of thioether (sulfide) groups is 1. The van der Waals surface area contributed by atoms with Gasteiger partial charge >= 0.3 is 6.18 Å². The van der Waals surface area contributed by atoms with E-state index in [1.807, 2.05) is 0 Å². The van der Waals surface area contributed by atoms with Gasteiger partial charge < -0.3 is 14.8 Å². The first-order valence-corrected chi connectivity index (χ1v) is 13.9. The Morgan fingerprint density at radius 3 is 2.51 bits per heavy atom. The summed E-state index contributed by atoms with van der Waals surface area (Å²) in [5.41, 5.74) is 0.191. The minimum Gasteiger partial charge on any atom is -0.493 e. The van der Waals surface area contributed by atoms with Gasteiger partial charge in [0.2, 0.25) is 5.91 Å². The normalized spacial score (nSPS) is 14.5. The summed E-state index contributed by atoms with van der Waals surface area (Å²) in [5, 5.41) is 2.38. The van der Waals surface area contributed by atoms with Crippen LogP contribution in [0.25, 0.3) is 6.08 Å². The Bertz CT molecular complexity index is 1570. The number of benzene rings is 3. The molecule has 4 rings (SSSR count). The van der Waals surface area contributed by atoms with Crippen LogP contribution in [0.4, 0.5) is 23.7 Å². The number of methoxy groups -OCH3 is 1. The third kappa shape index (κ3) is 7.56. The largest absolute Gasteiger partial charge is 0.493 e. The molecule has 14 heteroatoms. The lowest BCUT2D eigenvalue weighted by atomic mass is 10.1. The van der Waals surface area contributed by atoms with Crippen molar-refractivity contribution in [2.45, 2.75) is 12.8 Å². The fraction of sp³-hybridized carbons (Fsp3) is 0.148. The summed E-state index contributed by atoms with van der Waals surface area (Å²) < 4.78 is 50.7. The van der Waals surface area contributed by atoms with Crippen molar-refractivity contribution in [3.8, 4) is 11.5 Å². The number of nitrogens with zero attached hydrogens (tertiary/aromatic N) is 1. The van der Waals surface area contributed by atoms with E-state index in [0.717, 1.165) is 23.8 Å². The molecule has 1 N–H and O–H groups in total. The van der Waals surface area contributed by atoms with Crippen molar-refractivity contribution < 1.29 is 37.0 Å². The molecule has 1 aliphatic rings. The van der Waals surface area contributed by atoms with Gasteiger partial charge in [0, 0.05) is 10.2 Å². The first-order chi connectivity index (χ1) is 19.3. The highest BCUT2D eigenvalue weighted by atomic mass is 79.9. The summed E-state index contributed by atoms with van der Waals surface area (Å²) in [5.74, 6) is -0.828. The van der Waals surface area contributed by atoms with E-state index in [4.69, 9.17) is 32.7 Å². The number of amides is 3. The average molecular weight is 690 g/mol. The number of carbonyl (C=O) groups is 3. The molecule has 0 radical (unpaired) electrons. The van der Waals surface area contributed by atoms with Crippen LogP contribution in [0.15, 0.2) is 64.0 Å². The lowest BCUT2D eigenvalue weighted by Crippen LogP contribution is -2.36. The molecular weight excluding hydrogens is 672 g/mol. The van der Waals surface area contributed by atoms with Gasteiger partial charge in [-0.25, -0.2) is 0 Å². The molecule has 214 valence electrons. The van der Waals surface area contributed by atoms with Crippen LogP contribution in [0, 0.1) is 0 Å². The minimum absolute atomic E-state index is 0.0362. The van der Waals surface area contributed by atoms with Crippen molar-refractivity contribution >= 4 is 79.7 Å². The van der Waals surface area contributed by atoms with Gasteiger partial charge in [0.15, 0.2) is 11.5 Å². The van der Waals surface area contributed by atoms with E-state index in [1.54, 1.807) is 30.3 Å². The van der Waals surface area contributed by atoms with Crippen LogP contribution in [0.1, 0.15) is 16.7 Å². The van der Waals surface area contributed by atoms with E-state index < -0.39 is 35.3 Å². The van der Waals surface area contributed by atoms with Crippen molar-refractivity contribution in [2.24, 2.45) is 0 Å². The molecule has 1 heterocycles. The minimum atomic E-state index is -4.59. The Labute approximate surface area is 254 Å². The molecule has 1 fully saturated rings. The first kappa shape index (κ1) is 30.8. The number of ether oxygens (including phenoxy) is 2. The van der Waals surface area contributed by atoms with Crippen LogP contribution in [0.3, 0.4) is 0 Å². The van der Waals surface area contributed by atoms with Crippen LogP contribution in [0.2, 0.25) is 10.0 Å². The van der Waals surface area contributed by atoms with E-state index in [1.165, 1.54) is 19.3 Å². The lowest BCUT2D eigenvalue weighted by Gasteiger charge is -2.14. The van der Waals surface area contributed by atoms with Crippen molar-refractivity contribution in [3.63, 3.8) is 0 Å². The molecular formula is C27H18BrCl2F3N2O5S. The van der Waals surface area contributed by atoms with Crippen LogP contribution < -0.4 is 14.8 Å². The average Bonchev–Trinajstić information content (AvgIpc) is 3.17. The van der Waals surface area contributed by atoms with Gasteiger partial charge in [-0.15, -0.1) is 0 Å². The maximum atomic E-state index is 12.9. The molecule has 0 bridgehead atoms. The Morgan fingerprint density at radius 1 is 1.07 bits per heavy atom. The predicted octanol–water partition coefficient (Wildman–Crippen LogP) is 8.04. The Hall–Kier alpha value is -3.19. The van der Waals surface area contributed by atoms with E-state index in [2.05, 4.69) is 21.2 Å². The van der Waals surface area contributed by atoms with E-state index in [-0.39, 0.29) is 17.2 Å². The van der Waals surface area contributed by atoms with Crippen LogP contribution >= 0.6 is 50.9 Å². The van der Waals surface area contributed by atoms with Gasteiger partial charge in [-0.3, -0.25) is 19.3 Å². The fourth-order valence-electron chi connectivity index (χ4n) is 3.62. The molecule has 41 heavy (non-hydrogen) atoms. The molecule has 1 aliphatic heterocycles. The van der Waals surface area contributed by atoms with Crippen LogP contribution in [-0.4, -0.2) is 35.6 Å². The highest BCUT2D eigenvalue weighted by Gasteiger charge is 2.37. The van der Waals surface area contributed by atoms with Gasteiger partial charge in [0.25, 0.3) is 11.1 Å². The number of alkyl halides is 3. The van der Waals surface area contributed by atoms with E-state index in [0.29, 0.717) is 48.2 Å². The zero-order valence-electron chi connectivity index (χ0n) is 20.9. The molecule has 0 spiro atoms. The zero-order chi connectivity index (χ0) is 29.9. The number of nitrogens with one attached hydrogen (secondary N) is 1. The summed E-state index contributed by atoms with van der Waals surface area (Å²) >= 11 is 16.1. The Morgan fingerprint density at radius 2 is 1.83 bits per heavy atom. The smallest absolute Gasteiger partial charge is 0.416 e. The molecule has 3 amide bonds. The summed E-state index contributed by atoms with van der Waals surface area (Å²) in [6.07, 6.45) is -3.14. The van der Waals surface area contributed by atoms with Crippen molar-refractivity contribution in [1.82, 2.24) is 4.90 Å². The third-order valence-electron chi connectivity index (χ3n) is 5.60. The molecule has 0 atom stereocenters. The second-order valence-electron chi connectivity index (χ2n) is 8.46. The van der Waals surface area contributed by atoms with Gasteiger partial charge in [0.05, 0.1) is 27.6 Å². The topological polar surface area (TPSA) is 84.9 Å². The molecule has 3 aromatic rings. The molecule has 3 aromatic carbocycles. The maximum Gasteiger partial charge on any atom is 0.416 e. The first-order valence-electron chi connectivity index (χ1n) is 11.5. The number of hydrogen-bond donors (Lipinski definition) is 1. The number of halogens is 6. The summed E-state index contributed by atoms with van der Waals surface area (Å²) in [7, 11) is 1.44. The van der Waals surface area contributed by atoms with Crippen molar-refractivity contribution in [1.29, 1.82) is 0 Å². The number of carbonyl (C=O) groups excluding carboxylic acids is 3. The number of rotatable bonds is 8.